The van der Waals surface area contributed by atoms with Crippen molar-refractivity contribution in [2.75, 3.05) is 9.80 Å². The van der Waals surface area contributed by atoms with Gasteiger partial charge >= 0.3 is 0 Å². The molecule has 1 spiro atoms. The van der Waals surface area contributed by atoms with Gasteiger partial charge in [0.1, 0.15) is 0 Å². The highest BCUT2D eigenvalue weighted by Gasteiger charge is 2.54. The topological polar surface area (TPSA) is 32.3 Å². The summed E-state index contributed by atoms with van der Waals surface area (Å²) in [5, 5.41) is 0. The average Bonchev–Trinajstić information content (AvgIpc) is 4.05. The molecule has 1 unspecified atom stereocenters. The highest BCUT2D eigenvalue weighted by molar-refractivity contribution is 7.00. The first-order valence-electron chi connectivity index (χ1n) is 27.3. The van der Waals surface area contributed by atoms with Crippen LogP contribution in [0.25, 0.3) is 56.2 Å². The third kappa shape index (κ3) is 6.72. The minimum atomic E-state index is -0.630. The Morgan fingerprint density at radius 3 is 1.56 bits per heavy atom. The number of fused-ring (bicyclic) bond motifs is 14. The predicted molar refractivity (Wildman–Crippen MR) is 322 cm³/mol. The Balaban J connectivity index is 1.01. The largest absolute Gasteiger partial charge is 0.311 e. The first-order chi connectivity index (χ1) is 37.7. The summed E-state index contributed by atoms with van der Waals surface area (Å²) in [5.41, 5.74) is 29.6. The second kappa shape index (κ2) is 17.2. The van der Waals surface area contributed by atoms with E-state index in [9.17, 15) is 0 Å². The molecule has 0 saturated carbocycles. The standard InChI is InChI=1S/C72H55BN4/c1-44(2)47-29-33-53(34-30-47)76-66-36-32-50(45(3)4)40-62(66)73-63-41-57-55-26-16-18-28-59(55)72(61(57)42-67(63)77(52-23-13-8-14-24-52)69-38-46(5)37-68(76)70(69)73)58-27-17-15-25-54(58)56-35-31-51(39-60(56)72)65-43-64(48-19-9-6-10-20-48)74-71(75-65)49-21-11-7-12-22-49/h6-45H,1-5H3. The van der Waals surface area contributed by atoms with Crippen molar-refractivity contribution in [1.29, 1.82) is 0 Å². The van der Waals surface area contributed by atoms with Gasteiger partial charge in [0.05, 0.1) is 16.8 Å². The summed E-state index contributed by atoms with van der Waals surface area (Å²) in [6.45, 7) is 11.4. The van der Waals surface area contributed by atoms with Crippen LogP contribution >= 0.6 is 0 Å². The third-order valence-corrected chi connectivity index (χ3v) is 17.1. The smallest absolute Gasteiger partial charge is 0.252 e. The molecule has 10 aromatic carbocycles. The van der Waals surface area contributed by atoms with Crippen molar-refractivity contribution < 1.29 is 0 Å². The van der Waals surface area contributed by atoms with Gasteiger partial charge in [-0.2, -0.15) is 0 Å². The molecule has 3 heterocycles. The van der Waals surface area contributed by atoms with Crippen LogP contribution in [0, 0.1) is 6.92 Å². The maximum atomic E-state index is 5.39. The Hall–Kier alpha value is -9.06. The number of aryl methyl sites for hydroxylation is 1. The summed E-state index contributed by atoms with van der Waals surface area (Å²) in [6, 6.07) is 86.3. The Bertz CT molecular complexity index is 4130. The van der Waals surface area contributed by atoms with E-state index in [1.54, 1.807) is 0 Å². The van der Waals surface area contributed by atoms with Crippen molar-refractivity contribution in [3.05, 3.63) is 269 Å². The zero-order valence-corrected chi connectivity index (χ0v) is 44.0. The van der Waals surface area contributed by atoms with E-state index in [0.717, 1.165) is 33.8 Å². The maximum Gasteiger partial charge on any atom is 0.252 e. The lowest BCUT2D eigenvalue weighted by molar-refractivity contribution is 0.794. The van der Waals surface area contributed by atoms with Crippen molar-refractivity contribution in [1.82, 2.24) is 9.97 Å². The summed E-state index contributed by atoms with van der Waals surface area (Å²) < 4.78 is 0. The molecular weight excluding hydrogens is 932 g/mol. The van der Waals surface area contributed by atoms with Gasteiger partial charge in [-0.1, -0.05) is 198 Å². The van der Waals surface area contributed by atoms with Gasteiger partial charge in [-0.25, -0.2) is 9.97 Å². The van der Waals surface area contributed by atoms with Gasteiger partial charge in [-0.15, -0.1) is 0 Å². The van der Waals surface area contributed by atoms with Gasteiger partial charge in [-0.3, -0.25) is 0 Å². The van der Waals surface area contributed by atoms with Crippen LogP contribution in [0.15, 0.2) is 231 Å². The van der Waals surface area contributed by atoms with Crippen molar-refractivity contribution in [2.24, 2.45) is 0 Å². The normalized spacial score (nSPS) is 15.0. The molecule has 1 atom stereocenters. The molecule has 2 aliphatic carbocycles. The Labute approximate surface area is 452 Å². The SMILES string of the molecule is Cc1cc2c3c(c1)N(c1ccccc1)c1cc4c(cc1B3c1cc(C(C)C)ccc1N2c1ccc(C(C)C)cc1)-c1ccccc1C41c2ccccc2-c2ccc(-c3cc(-c4ccccc4)nc(-c4ccccc4)n3)cc21. The summed E-state index contributed by atoms with van der Waals surface area (Å²) in [5.74, 6) is 1.51. The van der Waals surface area contributed by atoms with E-state index in [1.807, 2.05) is 6.07 Å². The number of anilines is 6. The molecule has 0 saturated heterocycles. The van der Waals surface area contributed by atoms with E-state index in [2.05, 4.69) is 269 Å². The number of para-hydroxylation sites is 1. The lowest BCUT2D eigenvalue weighted by Crippen LogP contribution is -2.61. The molecule has 11 aromatic rings. The molecule has 77 heavy (non-hydrogen) atoms. The number of benzene rings is 10. The minimum Gasteiger partial charge on any atom is -0.311 e. The van der Waals surface area contributed by atoms with E-state index >= 15 is 0 Å². The highest BCUT2D eigenvalue weighted by Crippen LogP contribution is 2.64. The zero-order chi connectivity index (χ0) is 51.7. The quantitative estimate of drug-likeness (QED) is 0.149. The third-order valence-electron chi connectivity index (χ3n) is 17.1. The second-order valence-corrected chi connectivity index (χ2v) is 22.1. The van der Waals surface area contributed by atoms with Crippen LogP contribution in [0.1, 0.15) is 78.5 Å². The molecule has 4 aliphatic rings. The van der Waals surface area contributed by atoms with Crippen LogP contribution in [0.4, 0.5) is 34.1 Å². The molecule has 15 rings (SSSR count). The van der Waals surface area contributed by atoms with Crippen LogP contribution < -0.4 is 26.2 Å². The van der Waals surface area contributed by atoms with E-state index in [0.29, 0.717) is 17.7 Å². The van der Waals surface area contributed by atoms with Crippen molar-refractivity contribution in [3.8, 4) is 56.2 Å². The first-order valence-corrected chi connectivity index (χ1v) is 27.3. The van der Waals surface area contributed by atoms with Crippen LogP contribution in [0.5, 0.6) is 0 Å². The molecule has 0 amide bonds. The fraction of sp³-hybridized carbons (Fsp3) is 0.111. The highest BCUT2D eigenvalue weighted by atomic mass is 15.2. The second-order valence-electron chi connectivity index (χ2n) is 22.1. The van der Waals surface area contributed by atoms with Crippen molar-refractivity contribution >= 4 is 57.2 Å². The van der Waals surface area contributed by atoms with Crippen molar-refractivity contribution in [2.45, 2.75) is 51.9 Å². The average molecular weight is 987 g/mol. The van der Waals surface area contributed by atoms with E-state index in [-0.39, 0.29) is 6.71 Å². The number of hydrogen-bond donors (Lipinski definition) is 0. The lowest BCUT2D eigenvalue weighted by atomic mass is 9.33. The summed E-state index contributed by atoms with van der Waals surface area (Å²) in [4.78, 5) is 15.7. The van der Waals surface area contributed by atoms with Gasteiger partial charge in [0.25, 0.3) is 6.71 Å². The molecule has 4 nitrogen and oxygen atoms in total. The first kappa shape index (κ1) is 45.3. The maximum absolute atomic E-state index is 5.39. The van der Waals surface area contributed by atoms with Gasteiger partial charge < -0.3 is 9.80 Å². The Morgan fingerprint density at radius 1 is 0.377 bits per heavy atom. The van der Waals surface area contributed by atoms with Gasteiger partial charge in [-0.05, 0) is 157 Å². The van der Waals surface area contributed by atoms with Crippen LogP contribution in [-0.4, -0.2) is 16.7 Å². The van der Waals surface area contributed by atoms with Crippen LogP contribution in [0.3, 0.4) is 0 Å². The molecular formula is C72H55BN4. The van der Waals surface area contributed by atoms with Gasteiger partial charge in [0, 0.05) is 50.8 Å². The molecule has 2 aliphatic heterocycles. The zero-order valence-electron chi connectivity index (χ0n) is 44.0. The molecule has 0 radical (unpaired) electrons. The van der Waals surface area contributed by atoms with E-state index in [1.165, 1.54) is 106 Å². The molecule has 0 bridgehead atoms. The minimum absolute atomic E-state index is 0.0328. The Morgan fingerprint density at radius 2 is 0.896 bits per heavy atom. The van der Waals surface area contributed by atoms with E-state index in [4.69, 9.17) is 9.97 Å². The molecule has 366 valence electrons. The number of aromatic nitrogens is 2. The monoisotopic (exact) mass is 986 g/mol. The number of nitrogens with zero attached hydrogens (tertiary/aromatic N) is 4. The predicted octanol–water partition coefficient (Wildman–Crippen LogP) is 16.5. The molecule has 0 N–H and O–H groups in total. The fourth-order valence-electron chi connectivity index (χ4n) is 13.5. The number of hydrogen-bond acceptors (Lipinski definition) is 4. The van der Waals surface area contributed by atoms with E-state index < -0.39 is 5.41 Å². The molecule has 0 fully saturated rings. The van der Waals surface area contributed by atoms with Crippen LogP contribution in [-0.2, 0) is 5.41 Å². The lowest BCUT2D eigenvalue weighted by Gasteiger charge is -2.45. The summed E-state index contributed by atoms with van der Waals surface area (Å²) >= 11 is 0. The fourth-order valence-corrected chi connectivity index (χ4v) is 13.5. The van der Waals surface area contributed by atoms with Gasteiger partial charge in [0.2, 0.25) is 0 Å². The molecule has 5 heteroatoms. The van der Waals surface area contributed by atoms with Gasteiger partial charge in [0.15, 0.2) is 5.82 Å². The van der Waals surface area contributed by atoms with Crippen molar-refractivity contribution in [3.63, 3.8) is 0 Å². The summed E-state index contributed by atoms with van der Waals surface area (Å²) in [7, 11) is 0. The molecule has 1 aromatic heterocycles. The number of rotatable bonds is 7. The Kier molecular flexibility index (Phi) is 10.2. The van der Waals surface area contributed by atoms with Crippen LogP contribution in [0.2, 0.25) is 0 Å². The summed E-state index contributed by atoms with van der Waals surface area (Å²) in [6.07, 6.45) is 0.